The van der Waals surface area contributed by atoms with Gasteiger partial charge in [-0.3, -0.25) is 0 Å². The topological polar surface area (TPSA) is 55.1 Å². The predicted molar refractivity (Wildman–Crippen MR) is 69.9 cm³/mol. The fraction of sp³-hybridized carbons (Fsp3) is 0.143. The standard InChI is InChI=1S/C14H12N2O2/c1-8-4-3-5-10-11(8)9-6-7-15-12(14(17)18)13(9)16(10)2/h3-7H,1-2H3,(H,17,18). The highest BCUT2D eigenvalue weighted by Crippen LogP contribution is 2.31. The molecule has 0 saturated heterocycles. The van der Waals surface area contributed by atoms with Crippen molar-refractivity contribution in [3.05, 3.63) is 41.7 Å². The minimum atomic E-state index is -0.996. The van der Waals surface area contributed by atoms with Crippen molar-refractivity contribution in [1.29, 1.82) is 0 Å². The Balaban J connectivity index is 2.64. The Morgan fingerprint density at radius 3 is 2.83 bits per heavy atom. The molecule has 0 atom stereocenters. The van der Waals surface area contributed by atoms with E-state index in [1.807, 2.05) is 42.8 Å². The molecular formula is C14H12N2O2. The van der Waals surface area contributed by atoms with E-state index < -0.39 is 5.97 Å². The second-order valence-electron chi connectivity index (χ2n) is 4.39. The van der Waals surface area contributed by atoms with E-state index in [0.29, 0.717) is 5.52 Å². The lowest BCUT2D eigenvalue weighted by Gasteiger charge is -2.00. The zero-order valence-corrected chi connectivity index (χ0v) is 10.1. The first-order valence-electron chi connectivity index (χ1n) is 5.67. The maximum Gasteiger partial charge on any atom is 0.356 e. The average Bonchev–Trinajstić information content (AvgIpc) is 2.65. The van der Waals surface area contributed by atoms with Crippen LogP contribution in [0.2, 0.25) is 0 Å². The molecule has 1 aromatic carbocycles. The smallest absolute Gasteiger partial charge is 0.356 e. The Morgan fingerprint density at radius 2 is 2.11 bits per heavy atom. The van der Waals surface area contributed by atoms with E-state index in [2.05, 4.69) is 4.98 Å². The summed E-state index contributed by atoms with van der Waals surface area (Å²) in [5, 5.41) is 11.3. The number of aromatic nitrogens is 2. The Morgan fingerprint density at radius 1 is 1.33 bits per heavy atom. The summed E-state index contributed by atoms with van der Waals surface area (Å²) in [6.07, 6.45) is 1.55. The molecule has 90 valence electrons. The normalized spacial score (nSPS) is 11.2. The van der Waals surface area contributed by atoms with E-state index in [4.69, 9.17) is 0 Å². The van der Waals surface area contributed by atoms with Crippen LogP contribution in [0.15, 0.2) is 30.5 Å². The van der Waals surface area contributed by atoms with Crippen molar-refractivity contribution in [3.63, 3.8) is 0 Å². The van der Waals surface area contributed by atoms with Gasteiger partial charge in [0.15, 0.2) is 5.69 Å². The lowest BCUT2D eigenvalue weighted by Crippen LogP contribution is -2.03. The lowest BCUT2D eigenvalue weighted by atomic mass is 10.1. The van der Waals surface area contributed by atoms with Crippen molar-refractivity contribution in [1.82, 2.24) is 9.55 Å². The molecule has 18 heavy (non-hydrogen) atoms. The van der Waals surface area contributed by atoms with Crippen molar-refractivity contribution >= 4 is 27.8 Å². The minimum absolute atomic E-state index is 0.102. The van der Waals surface area contributed by atoms with Crippen LogP contribution in [0.4, 0.5) is 0 Å². The highest BCUT2D eigenvalue weighted by molar-refractivity contribution is 6.14. The first-order valence-corrected chi connectivity index (χ1v) is 5.67. The molecule has 0 unspecified atom stereocenters. The number of hydrogen-bond donors (Lipinski definition) is 1. The zero-order valence-electron chi connectivity index (χ0n) is 10.1. The van der Waals surface area contributed by atoms with Crippen LogP contribution >= 0.6 is 0 Å². The molecule has 3 aromatic rings. The number of fused-ring (bicyclic) bond motifs is 3. The number of pyridine rings is 1. The fourth-order valence-corrected chi connectivity index (χ4v) is 2.55. The number of nitrogens with zero attached hydrogens (tertiary/aromatic N) is 2. The Kier molecular flexibility index (Phi) is 2.13. The van der Waals surface area contributed by atoms with Gasteiger partial charge in [-0.25, -0.2) is 9.78 Å². The van der Waals surface area contributed by atoms with Gasteiger partial charge < -0.3 is 9.67 Å². The summed E-state index contributed by atoms with van der Waals surface area (Å²) in [7, 11) is 1.87. The number of carbonyl (C=O) groups is 1. The third-order valence-corrected chi connectivity index (χ3v) is 3.34. The summed E-state index contributed by atoms with van der Waals surface area (Å²) in [6, 6.07) is 7.87. The van der Waals surface area contributed by atoms with Gasteiger partial charge in [-0.05, 0) is 24.6 Å². The maximum absolute atomic E-state index is 11.3. The van der Waals surface area contributed by atoms with E-state index in [0.717, 1.165) is 21.9 Å². The number of aromatic carboxylic acids is 1. The molecule has 0 amide bonds. The van der Waals surface area contributed by atoms with E-state index in [-0.39, 0.29) is 5.69 Å². The van der Waals surface area contributed by atoms with Crippen molar-refractivity contribution in [2.24, 2.45) is 7.05 Å². The quantitative estimate of drug-likeness (QED) is 0.711. The summed E-state index contributed by atoms with van der Waals surface area (Å²) in [4.78, 5) is 15.2. The van der Waals surface area contributed by atoms with Crippen molar-refractivity contribution in [2.45, 2.75) is 6.92 Å². The number of carboxylic acids is 1. The van der Waals surface area contributed by atoms with Crippen molar-refractivity contribution < 1.29 is 9.90 Å². The number of benzene rings is 1. The third-order valence-electron chi connectivity index (χ3n) is 3.34. The molecular weight excluding hydrogens is 228 g/mol. The van der Waals surface area contributed by atoms with Gasteiger partial charge in [-0.15, -0.1) is 0 Å². The number of hydrogen-bond acceptors (Lipinski definition) is 2. The van der Waals surface area contributed by atoms with Crippen LogP contribution in [0.25, 0.3) is 21.8 Å². The van der Waals surface area contributed by atoms with Crippen LogP contribution in [0.1, 0.15) is 16.1 Å². The molecule has 4 heteroatoms. The monoisotopic (exact) mass is 240 g/mol. The molecule has 0 aliphatic heterocycles. The summed E-state index contributed by atoms with van der Waals surface area (Å²) < 4.78 is 1.90. The van der Waals surface area contributed by atoms with Crippen LogP contribution in [0.5, 0.6) is 0 Å². The Labute approximate surface area is 103 Å². The molecule has 0 aliphatic carbocycles. The van der Waals surface area contributed by atoms with Crippen LogP contribution in [-0.4, -0.2) is 20.6 Å². The van der Waals surface area contributed by atoms with Gasteiger partial charge in [0.1, 0.15) is 0 Å². The Hall–Kier alpha value is -2.36. The molecule has 1 N–H and O–H groups in total. The minimum Gasteiger partial charge on any atom is -0.476 e. The number of carboxylic acid groups (broad SMARTS) is 1. The molecule has 0 radical (unpaired) electrons. The van der Waals surface area contributed by atoms with E-state index >= 15 is 0 Å². The zero-order chi connectivity index (χ0) is 12.9. The molecule has 2 aromatic heterocycles. The van der Waals surface area contributed by atoms with Gasteiger partial charge in [0, 0.05) is 29.5 Å². The maximum atomic E-state index is 11.3. The lowest BCUT2D eigenvalue weighted by molar-refractivity contribution is 0.0692. The molecule has 0 saturated carbocycles. The van der Waals surface area contributed by atoms with Gasteiger partial charge in [0.25, 0.3) is 0 Å². The van der Waals surface area contributed by atoms with E-state index in [1.165, 1.54) is 0 Å². The molecule has 0 aliphatic rings. The van der Waals surface area contributed by atoms with Gasteiger partial charge in [-0.2, -0.15) is 0 Å². The van der Waals surface area contributed by atoms with Crippen LogP contribution in [-0.2, 0) is 7.05 Å². The first-order chi connectivity index (χ1) is 8.61. The predicted octanol–water partition coefficient (Wildman–Crippen LogP) is 2.73. The van der Waals surface area contributed by atoms with Gasteiger partial charge >= 0.3 is 5.97 Å². The summed E-state index contributed by atoms with van der Waals surface area (Å²) in [5.41, 5.74) is 2.95. The molecule has 0 spiro atoms. The molecule has 2 heterocycles. The van der Waals surface area contributed by atoms with E-state index in [9.17, 15) is 9.90 Å². The highest BCUT2D eigenvalue weighted by Gasteiger charge is 2.17. The second-order valence-corrected chi connectivity index (χ2v) is 4.39. The van der Waals surface area contributed by atoms with E-state index in [1.54, 1.807) is 6.20 Å². The summed E-state index contributed by atoms with van der Waals surface area (Å²) >= 11 is 0. The van der Waals surface area contributed by atoms with Crippen LogP contribution < -0.4 is 0 Å². The molecule has 0 bridgehead atoms. The van der Waals surface area contributed by atoms with Crippen LogP contribution in [0, 0.1) is 6.92 Å². The largest absolute Gasteiger partial charge is 0.476 e. The first kappa shape index (κ1) is 10.8. The number of rotatable bonds is 1. The van der Waals surface area contributed by atoms with Crippen LogP contribution in [0.3, 0.4) is 0 Å². The van der Waals surface area contributed by atoms with Gasteiger partial charge in [-0.1, -0.05) is 12.1 Å². The average molecular weight is 240 g/mol. The van der Waals surface area contributed by atoms with Crippen molar-refractivity contribution in [3.8, 4) is 0 Å². The van der Waals surface area contributed by atoms with Crippen molar-refractivity contribution in [2.75, 3.05) is 0 Å². The third kappa shape index (κ3) is 1.26. The molecule has 4 nitrogen and oxygen atoms in total. The SMILES string of the molecule is Cc1cccc2c1c1ccnc(C(=O)O)c1n2C. The summed E-state index contributed by atoms with van der Waals surface area (Å²) in [5.74, 6) is -0.996. The summed E-state index contributed by atoms with van der Waals surface area (Å²) in [6.45, 7) is 2.03. The Bertz CT molecular complexity index is 787. The molecule has 3 rings (SSSR count). The molecule has 0 fully saturated rings. The van der Waals surface area contributed by atoms with Gasteiger partial charge in [0.05, 0.1) is 5.52 Å². The van der Waals surface area contributed by atoms with Gasteiger partial charge in [0.2, 0.25) is 0 Å². The second kappa shape index (κ2) is 3.57. The fourth-order valence-electron chi connectivity index (χ4n) is 2.55. The number of aryl methyl sites for hydroxylation is 2. The highest BCUT2D eigenvalue weighted by atomic mass is 16.4.